The minimum absolute atomic E-state index is 0.157. The Balaban J connectivity index is 1.40. The number of anilines is 2. The lowest BCUT2D eigenvalue weighted by atomic mass is 10.2. The van der Waals surface area contributed by atoms with Gasteiger partial charge < -0.3 is 20.4 Å². The van der Waals surface area contributed by atoms with Crippen LogP contribution < -0.4 is 20.4 Å². The summed E-state index contributed by atoms with van der Waals surface area (Å²) >= 11 is 0. The van der Waals surface area contributed by atoms with Crippen LogP contribution >= 0.6 is 0 Å². The second-order valence-corrected chi connectivity index (χ2v) is 7.42. The molecule has 2 amide bonds. The lowest BCUT2D eigenvalue weighted by molar-refractivity contribution is -1.00. The third-order valence-corrected chi connectivity index (χ3v) is 5.05. The van der Waals surface area contributed by atoms with Gasteiger partial charge in [-0.05, 0) is 42.8 Å². The molecule has 0 atom stereocenters. The van der Waals surface area contributed by atoms with Crippen LogP contribution in [0.25, 0.3) is 0 Å². The van der Waals surface area contributed by atoms with E-state index in [0.717, 1.165) is 36.0 Å². The molecule has 6 nitrogen and oxygen atoms in total. The van der Waals surface area contributed by atoms with Gasteiger partial charge >= 0.3 is 0 Å². The van der Waals surface area contributed by atoms with Gasteiger partial charge in [-0.2, -0.15) is 0 Å². The SMILES string of the molecule is Cc1ccc(NC(=O)C[NH+]2CC[NH+](CC(=O)Nc3cccc(F)c3)CC2)cc1F. The average molecular weight is 404 g/mol. The van der Waals surface area contributed by atoms with E-state index in [-0.39, 0.29) is 23.4 Å². The molecule has 0 spiro atoms. The summed E-state index contributed by atoms with van der Waals surface area (Å²) in [4.78, 5) is 26.6. The van der Waals surface area contributed by atoms with Crippen molar-refractivity contribution in [2.45, 2.75) is 6.92 Å². The zero-order chi connectivity index (χ0) is 20.8. The molecule has 0 aromatic heterocycles. The molecule has 0 bridgehead atoms. The molecule has 154 valence electrons. The molecule has 8 heteroatoms. The van der Waals surface area contributed by atoms with Crippen molar-refractivity contribution in [1.82, 2.24) is 0 Å². The quantitative estimate of drug-likeness (QED) is 0.531. The minimum atomic E-state index is -0.390. The molecule has 29 heavy (non-hydrogen) atoms. The lowest BCUT2D eigenvalue weighted by Gasteiger charge is -2.29. The summed E-state index contributed by atoms with van der Waals surface area (Å²) in [7, 11) is 0. The molecule has 1 saturated heterocycles. The van der Waals surface area contributed by atoms with E-state index in [9.17, 15) is 18.4 Å². The van der Waals surface area contributed by atoms with Crippen molar-refractivity contribution < 1.29 is 28.2 Å². The molecule has 0 saturated carbocycles. The van der Waals surface area contributed by atoms with E-state index < -0.39 is 0 Å². The number of quaternary nitrogens is 2. The largest absolute Gasteiger partial charge is 0.321 e. The van der Waals surface area contributed by atoms with Gasteiger partial charge in [0.05, 0.1) is 0 Å². The zero-order valence-corrected chi connectivity index (χ0v) is 16.4. The topological polar surface area (TPSA) is 67.1 Å². The third-order valence-electron chi connectivity index (χ3n) is 5.05. The van der Waals surface area contributed by atoms with E-state index in [4.69, 9.17) is 0 Å². The fraction of sp³-hybridized carbons (Fsp3) is 0.333. The van der Waals surface area contributed by atoms with Crippen LogP contribution in [0.3, 0.4) is 0 Å². The maximum atomic E-state index is 13.6. The smallest absolute Gasteiger partial charge is 0.279 e. The molecule has 2 aromatic rings. The maximum Gasteiger partial charge on any atom is 0.279 e. The molecule has 3 rings (SSSR count). The van der Waals surface area contributed by atoms with Crippen LogP contribution in [-0.4, -0.2) is 51.1 Å². The molecule has 2 aromatic carbocycles. The van der Waals surface area contributed by atoms with Gasteiger partial charge in [0.1, 0.15) is 37.8 Å². The highest BCUT2D eigenvalue weighted by Gasteiger charge is 2.26. The highest BCUT2D eigenvalue weighted by Crippen LogP contribution is 2.13. The summed E-state index contributed by atoms with van der Waals surface area (Å²) in [5.74, 6) is -1.05. The van der Waals surface area contributed by atoms with Gasteiger partial charge in [0, 0.05) is 11.4 Å². The molecule has 0 aliphatic carbocycles. The van der Waals surface area contributed by atoms with Crippen molar-refractivity contribution in [2.75, 3.05) is 49.9 Å². The molecular weight excluding hydrogens is 378 g/mol. The molecule has 1 fully saturated rings. The number of benzene rings is 2. The van der Waals surface area contributed by atoms with E-state index in [1.165, 1.54) is 18.2 Å². The number of hydrogen-bond acceptors (Lipinski definition) is 2. The number of carbonyl (C=O) groups is 2. The fourth-order valence-electron chi connectivity index (χ4n) is 3.41. The molecule has 0 unspecified atom stereocenters. The summed E-state index contributed by atoms with van der Waals surface area (Å²) in [6.07, 6.45) is 0. The number of halogens is 2. The Bertz CT molecular complexity index is 883. The predicted octanol–water partition coefficient (Wildman–Crippen LogP) is -0.366. The monoisotopic (exact) mass is 404 g/mol. The highest BCUT2D eigenvalue weighted by atomic mass is 19.1. The van der Waals surface area contributed by atoms with Crippen LogP contribution in [0.4, 0.5) is 20.2 Å². The van der Waals surface area contributed by atoms with E-state index in [1.807, 2.05) is 0 Å². The number of carbonyl (C=O) groups excluding carboxylic acids is 2. The molecule has 4 N–H and O–H groups in total. The van der Waals surface area contributed by atoms with Crippen molar-refractivity contribution in [3.63, 3.8) is 0 Å². The van der Waals surface area contributed by atoms with Crippen LogP contribution in [0.5, 0.6) is 0 Å². The van der Waals surface area contributed by atoms with E-state index in [1.54, 1.807) is 31.2 Å². The van der Waals surface area contributed by atoms with Crippen LogP contribution in [0.2, 0.25) is 0 Å². The van der Waals surface area contributed by atoms with Crippen molar-refractivity contribution in [3.05, 3.63) is 59.7 Å². The average Bonchev–Trinajstić information content (AvgIpc) is 2.66. The first-order valence-corrected chi connectivity index (χ1v) is 9.67. The van der Waals surface area contributed by atoms with Crippen molar-refractivity contribution in [3.8, 4) is 0 Å². The number of nitrogens with one attached hydrogen (secondary N) is 4. The number of hydrogen-bond donors (Lipinski definition) is 4. The zero-order valence-electron chi connectivity index (χ0n) is 16.4. The summed E-state index contributed by atoms with van der Waals surface area (Å²) in [5.41, 5.74) is 1.44. The number of amides is 2. The summed E-state index contributed by atoms with van der Waals surface area (Å²) in [5, 5.41) is 5.44. The first-order valence-electron chi connectivity index (χ1n) is 9.67. The Morgan fingerprint density at radius 3 is 1.93 bits per heavy atom. The standard InChI is InChI=1S/C21H24F2N4O2/c1-15-5-6-18(12-19(15)23)25-21(29)14-27-9-7-26(8-10-27)13-20(28)24-17-4-2-3-16(22)11-17/h2-6,11-12H,7-10,13-14H2,1H3,(H,24,28)(H,25,29)/p+2. The van der Waals surface area contributed by atoms with Gasteiger partial charge in [0.2, 0.25) is 0 Å². The van der Waals surface area contributed by atoms with Gasteiger partial charge in [-0.25, -0.2) is 8.78 Å². The Hall–Kier alpha value is -2.84. The molecule has 1 heterocycles. The second-order valence-electron chi connectivity index (χ2n) is 7.42. The molecule has 1 aliphatic rings. The van der Waals surface area contributed by atoms with Crippen molar-refractivity contribution in [2.24, 2.45) is 0 Å². The van der Waals surface area contributed by atoms with Crippen LogP contribution in [0.1, 0.15) is 5.56 Å². The number of aryl methyl sites for hydroxylation is 1. The first-order chi connectivity index (χ1) is 13.9. The number of piperazine rings is 1. The van der Waals surface area contributed by atoms with Crippen LogP contribution in [-0.2, 0) is 9.59 Å². The van der Waals surface area contributed by atoms with Gasteiger partial charge in [-0.3, -0.25) is 9.59 Å². The minimum Gasteiger partial charge on any atom is -0.321 e. The third kappa shape index (κ3) is 6.33. The summed E-state index contributed by atoms with van der Waals surface area (Å²) in [6, 6.07) is 10.5. The Morgan fingerprint density at radius 1 is 0.862 bits per heavy atom. The van der Waals surface area contributed by atoms with Gasteiger partial charge in [-0.15, -0.1) is 0 Å². The normalized spacial score (nSPS) is 18.9. The number of rotatable bonds is 6. The predicted molar refractivity (Wildman–Crippen MR) is 106 cm³/mol. The van der Waals surface area contributed by atoms with Crippen LogP contribution in [0.15, 0.2) is 42.5 Å². The fourth-order valence-corrected chi connectivity index (χ4v) is 3.41. The van der Waals surface area contributed by atoms with Crippen LogP contribution in [0, 0.1) is 18.6 Å². The Labute approximate surface area is 168 Å². The van der Waals surface area contributed by atoms with Crippen molar-refractivity contribution in [1.29, 1.82) is 0 Å². The Morgan fingerprint density at radius 2 is 1.41 bits per heavy atom. The first kappa shape index (κ1) is 20.9. The Kier molecular flexibility index (Phi) is 6.90. The lowest BCUT2D eigenvalue weighted by Crippen LogP contribution is -3.28. The summed E-state index contributed by atoms with van der Waals surface area (Å²) < 4.78 is 26.8. The van der Waals surface area contributed by atoms with Gasteiger partial charge in [0.15, 0.2) is 13.1 Å². The second kappa shape index (κ2) is 9.58. The van der Waals surface area contributed by atoms with E-state index >= 15 is 0 Å². The van der Waals surface area contributed by atoms with Gasteiger partial charge in [-0.1, -0.05) is 12.1 Å². The van der Waals surface area contributed by atoms with Crippen molar-refractivity contribution >= 4 is 23.2 Å². The summed E-state index contributed by atoms with van der Waals surface area (Å²) in [6.45, 7) is 5.33. The molecular formula is C21H26F2N4O2+2. The highest BCUT2D eigenvalue weighted by molar-refractivity contribution is 5.92. The maximum absolute atomic E-state index is 13.6. The molecule has 1 aliphatic heterocycles. The van der Waals surface area contributed by atoms with Gasteiger partial charge in [0.25, 0.3) is 11.8 Å². The van der Waals surface area contributed by atoms with E-state index in [2.05, 4.69) is 10.6 Å². The van der Waals surface area contributed by atoms with E-state index in [0.29, 0.717) is 30.0 Å². The molecule has 0 radical (unpaired) electrons.